The SMILES string of the molecule is CC(C)(C)OC(=O)N1Cc2cc(Cl)cnc2-c2c(C3CCC(Oc4ccccc4F)CC3)n[nH]c2C1. The van der Waals surface area contributed by atoms with Gasteiger partial charge in [-0.25, -0.2) is 9.18 Å². The minimum Gasteiger partial charge on any atom is -0.487 e. The fourth-order valence-corrected chi connectivity index (χ4v) is 5.16. The Labute approximate surface area is 215 Å². The van der Waals surface area contributed by atoms with Gasteiger partial charge in [-0.15, -0.1) is 0 Å². The molecule has 0 atom stereocenters. The van der Waals surface area contributed by atoms with Crippen LogP contribution in [-0.4, -0.2) is 37.9 Å². The molecule has 1 aliphatic heterocycles. The zero-order valence-corrected chi connectivity index (χ0v) is 21.4. The predicted octanol–water partition coefficient (Wildman–Crippen LogP) is 6.62. The van der Waals surface area contributed by atoms with E-state index >= 15 is 0 Å². The molecule has 2 aromatic heterocycles. The van der Waals surface area contributed by atoms with E-state index in [1.54, 1.807) is 29.3 Å². The fraction of sp³-hybridized carbons (Fsp3) is 0.444. The van der Waals surface area contributed by atoms with Gasteiger partial charge in [-0.1, -0.05) is 23.7 Å². The normalized spacial score (nSPS) is 19.8. The summed E-state index contributed by atoms with van der Waals surface area (Å²) in [6.07, 6.45) is 4.50. The van der Waals surface area contributed by atoms with Crippen molar-refractivity contribution >= 4 is 17.7 Å². The topological polar surface area (TPSA) is 80.3 Å². The van der Waals surface area contributed by atoms with E-state index in [1.165, 1.54) is 6.07 Å². The molecule has 1 fully saturated rings. The quantitative estimate of drug-likeness (QED) is 0.426. The number of aromatic nitrogens is 3. The monoisotopic (exact) mass is 512 g/mol. The summed E-state index contributed by atoms with van der Waals surface area (Å²) in [5, 5.41) is 8.38. The average Bonchev–Trinajstić information content (AvgIpc) is 3.15. The lowest BCUT2D eigenvalue weighted by molar-refractivity contribution is 0.0216. The van der Waals surface area contributed by atoms with Crippen LogP contribution >= 0.6 is 11.6 Å². The third-order valence-electron chi connectivity index (χ3n) is 6.59. The number of carbonyl (C=O) groups excluding carboxylic acids is 1. The highest BCUT2D eigenvalue weighted by molar-refractivity contribution is 6.30. The number of benzene rings is 1. The van der Waals surface area contributed by atoms with Crippen LogP contribution in [0, 0.1) is 5.82 Å². The molecule has 3 heterocycles. The van der Waals surface area contributed by atoms with Gasteiger partial charge in [0, 0.05) is 17.7 Å². The largest absolute Gasteiger partial charge is 0.487 e. The molecule has 190 valence electrons. The van der Waals surface area contributed by atoms with E-state index in [0.717, 1.165) is 53.9 Å². The summed E-state index contributed by atoms with van der Waals surface area (Å²) in [5.74, 6) is 0.156. The Morgan fingerprint density at radius 2 is 1.92 bits per heavy atom. The number of fused-ring (bicyclic) bond motifs is 3. The molecule has 0 unspecified atom stereocenters. The van der Waals surface area contributed by atoms with E-state index < -0.39 is 11.7 Å². The van der Waals surface area contributed by atoms with Crippen LogP contribution in [0.2, 0.25) is 5.02 Å². The third kappa shape index (κ3) is 5.19. The van der Waals surface area contributed by atoms with Crippen LogP contribution in [-0.2, 0) is 17.8 Å². The first-order valence-corrected chi connectivity index (χ1v) is 12.7. The van der Waals surface area contributed by atoms with Gasteiger partial charge in [0.15, 0.2) is 11.6 Å². The molecule has 0 saturated heterocycles. The number of halogens is 2. The molecule has 7 nitrogen and oxygen atoms in total. The maximum atomic E-state index is 14.0. The second kappa shape index (κ2) is 9.73. The van der Waals surface area contributed by atoms with Crippen LogP contribution in [0.4, 0.5) is 9.18 Å². The van der Waals surface area contributed by atoms with Crippen LogP contribution in [0.15, 0.2) is 36.5 Å². The maximum Gasteiger partial charge on any atom is 0.410 e. The first-order valence-electron chi connectivity index (χ1n) is 12.3. The maximum absolute atomic E-state index is 14.0. The smallest absolute Gasteiger partial charge is 0.410 e. The number of para-hydroxylation sites is 1. The van der Waals surface area contributed by atoms with Crippen LogP contribution in [0.5, 0.6) is 5.75 Å². The van der Waals surface area contributed by atoms with Crippen LogP contribution in [0.1, 0.15) is 69.3 Å². The zero-order valence-electron chi connectivity index (χ0n) is 20.7. The summed E-state index contributed by atoms with van der Waals surface area (Å²) < 4.78 is 25.6. The molecule has 0 spiro atoms. The summed E-state index contributed by atoms with van der Waals surface area (Å²) in [6.45, 7) is 6.21. The highest BCUT2D eigenvalue weighted by Gasteiger charge is 2.34. The predicted molar refractivity (Wildman–Crippen MR) is 134 cm³/mol. The number of carbonyl (C=O) groups is 1. The van der Waals surface area contributed by atoms with E-state index in [0.29, 0.717) is 23.9 Å². The highest BCUT2D eigenvalue weighted by atomic mass is 35.5. The molecule has 0 bridgehead atoms. The number of aromatic amines is 1. The Bertz CT molecular complexity index is 1260. The van der Waals surface area contributed by atoms with Crippen molar-refractivity contribution in [3.05, 3.63) is 64.3 Å². The lowest BCUT2D eigenvalue weighted by Crippen LogP contribution is -2.35. The van der Waals surface area contributed by atoms with E-state index in [9.17, 15) is 9.18 Å². The van der Waals surface area contributed by atoms with Crippen molar-refractivity contribution in [2.24, 2.45) is 0 Å². The summed E-state index contributed by atoms with van der Waals surface area (Å²) in [4.78, 5) is 19.3. The van der Waals surface area contributed by atoms with Crippen molar-refractivity contribution in [1.29, 1.82) is 0 Å². The van der Waals surface area contributed by atoms with Gasteiger partial charge in [0.2, 0.25) is 0 Å². The molecule has 1 saturated carbocycles. The van der Waals surface area contributed by atoms with E-state index in [1.807, 2.05) is 26.8 Å². The van der Waals surface area contributed by atoms with E-state index in [4.69, 9.17) is 26.2 Å². The standard InChI is InChI=1S/C27H30ClFN4O3/c1-27(2,3)36-26(34)33-14-17-12-18(28)13-30-24(17)23-21(15-33)31-32-25(23)16-8-10-19(11-9-16)35-22-7-5-4-6-20(22)29/h4-7,12-13,16,19H,8-11,14-15H2,1-3H3,(H,31,32). The second-order valence-electron chi connectivity index (χ2n) is 10.5. The average molecular weight is 513 g/mol. The number of nitrogens with zero attached hydrogens (tertiary/aromatic N) is 3. The Morgan fingerprint density at radius 3 is 2.64 bits per heavy atom. The van der Waals surface area contributed by atoms with Crippen molar-refractivity contribution < 1.29 is 18.7 Å². The number of hydrogen-bond donors (Lipinski definition) is 1. The molecule has 2 aliphatic rings. The van der Waals surface area contributed by atoms with E-state index in [-0.39, 0.29) is 17.8 Å². The third-order valence-corrected chi connectivity index (χ3v) is 6.80. The number of nitrogens with one attached hydrogen (secondary N) is 1. The number of rotatable bonds is 3. The fourth-order valence-electron chi connectivity index (χ4n) is 4.98. The van der Waals surface area contributed by atoms with Gasteiger partial charge in [-0.3, -0.25) is 15.0 Å². The molecular weight excluding hydrogens is 483 g/mol. The number of H-pyrrole nitrogens is 1. The molecule has 3 aromatic rings. The molecule has 5 rings (SSSR count). The van der Waals surface area contributed by atoms with E-state index in [2.05, 4.69) is 10.1 Å². The lowest BCUT2D eigenvalue weighted by atomic mass is 9.83. The molecule has 9 heteroatoms. The Balaban J connectivity index is 1.39. The lowest BCUT2D eigenvalue weighted by Gasteiger charge is -2.28. The first-order chi connectivity index (χ1) is 17.2. The van der Waals surface area contributed by atoms with Crippen LogP contribution in [0.25, 0.3) is 11.3 Å². The molecule has 36 heavy (non-hydrogen) atoms. The van der Waals surface area contributed by atoms with Gasteiger partial charge in [-0.05, 0) is 70.2 Å². The zero-order chi connectivity index (χ0) is 25.4. The number of ether oxygens (including phenoxy) is 2. The van der Waals surface area contributed by atoms with Gasteiger partial charge < -0.3 is 9.47 Å². The van der Waals surface area contributed by atoms with Crippen molar-refractivity contribution in [1.82, 2.24) is 20.1 Å². The minimum atomic E-state index is -0.607. The molecule has 1 aliphatic carbocycles. The van der Waals surface area contributed by atoms with Crippen molar-refractivity contribution in [3.8, 4) is 17.0 Å². The Kier molecular flexibility index (Phi) is 6.64. The van der Waals surface area contributed by atoms with Gasteiger partial charge in [-0.2, -0.15) is 5.10 Å². The number of hydrogen-bond acceptors (Lipinski definition) is 5. The Hall–Kier alpha value is -3.13. The molecule has 1 N–H and O–H groups in total. The van der Waals surface area contributed by atoms with Gasteiger partial charge in [0.05, 0.1) is 41.3 Å². The van der Waals surface area contributed by atoms with Gasteiger partial charge in [0.1, 0.15) is 5.60 Å². The van der Waals surface area contributed by atoms with Crippen molar-refractivity contribution in [3.63, 3.8) is 0 Å². The molecule has 0 radical (unpaired) electrons. The molecule has 1 amide bonds. The minimum absolute atomic E-state index is 0.0393. The van der Waals surface area contributed by atoms with Crippen molar-refractivity contribution in [2.75, 3.05) is 0 Å². The first kappa shape index (κ1) is 24.6. The second-order valence-corrected chi connectivity index (χ2v) is 10.9. The summed E-state index contributed by atoms with van der Waals surface area (Å²) in [5.41, 5.74) is 3.74. The molecular formula is C27H30ClFN4O3. The van der Waals surface area contributed by atoms with Crippen LogP contribution < -0.4 is 4.74 Å². The Morgan fingerprint density at radius 1 is 1.17 bits per heavy atom. The summed E-state index contributed by atoms with van der Waals surface area (Å²) in [7, 11) is 0. The van der Waals surface area contributed by atoms with Gasteiger partial charge >= 0.3 is 6.09 Å². The van der Waals surface area contributed by atoms with Crippen LogP contribution in [0.3, 0.4) is 0 Å². The number of pyridine rings is 1. The molecule has 1 aromatic carbocycles. The highest BCUT2D eigenvalue weighted by Crippen LogP contribution is 2.42. The summed E-state index contributed by atoms with van der Waals surface area (Å²) >= 11 is 6.29. The van der Waals surface area contributed by atoms with Gasteiger partial charge in [0.25, 0.3) is 0 Å². The van der Waals surface area contributed by atoms with Crippen molar-refractivity contribution in [2.45, 2.75) is 77.2 Å². The number of amides is 1. The summed E-state index contributed by atoms with van der Waals surface area (Å²) in [6, 6.07) is 8.37.